The van der Waals surface area contributed by atoms with Gasteiger partial charge in [-0.25, -0.2) is 13.8 Å². The summed E-state index contributed by atoms with van der Waals surface area (Å²) >= 11 is 0. The molecule has 9 heteroatoms. The first-order chi connectivity index (χ1) is 15.1. The predicted octanol–water partition coefficient (Wildman–Crippen LogP) is 3.58. The van der Waals surface area contributed by atoms with Crippen LogP contribution in [0.25, 0.3) is 0 Å². The second kappa shape index (κ2) is 13.3. The number of nitrogens with zero attached hydrogens (tertiary/aromatic N) is 3. The van der Waals surface area contributed by atoms with Crippen molar-refractivity contribution < 1.29 is 13.5 Å². The van der Waals surface area contributed by atoms with Crippen LogP contribution in [0.2, 0.25) is 0 Å². The molecule has 0 aliphatic carbocycles. The standard InChI is InChI=1S/C23H27F2N5O.HI/c1-2-27-23(28-15-19-4-3-17(14-26)13-21(19)25)29-16-22(30-9-11-31-12-10-30)18-5-7-20(24)8-6-18;/h3-8,13,22H,2,9-12,15-16H2,1H3,(H2,27,28,29);1H. The average Bonchev–Trinajstić information content (AvgIpc) is 2.80. The van der Waals surface area contributed by atoms with Gasteiger partial charge in [0.1, 0.15) is 11.6 Å². The van der Waals surface area contributed by atoms with Gasteiger partial charge < -0.3 is 15.4 Å². The second-order valence-corrected chi connectivity index (χ2v) is 7.21. The van der Waals surface area contributed by atoms with Crippen molar-refractivity contribution in [3.8, 4) is 6.07 Å². The molecule has 0 bridgehead atoms. The Kier molecular flexibility index (Phi) is 10.8. The van der Waals surface area contributed by atoms with E-state index in [4.69, 9.17) is 10.00 Å². The molecule has 1 atom stereocenters. The lowest BCUT2D eigenvalue weighted by atomic mass is 10.0. The van der Waals surface area contributed by atoms with Gasteiger partial charge >= 0.3 is 0 Å². The van der Waals surface area contributed by atoms with Crippen LogP contribution in [0.4, 0.5) is 8.78 Å². The summed E-state index contributed by atoms with van der Waals surface area (Å²) in [5, 5.41) is 15.4. The monoisotopic (exact) mass is 555 g/mol. The first kappa shape index (κ1) is 26.0. The lowest BCUT2D eigenvalue weighted by Crippen LogP contribution is -2.46. The number of hydrogen-bond donors (Lipinski definition) is 2. The molecule has 0 saturated carbocycles. The van der Waals surface area contributed by atoms with E-state index in [0.29, 0.717) is 37.8 Å². The fourth-order valence-electron chi connectivity index (χ4n) is 3.48. The van der Waals surface area contributed by atoms with Crippen LogP contribution in [0.5, 0.6) is 0 Å². The Balaban J connectivity index is 0.00000363. The molecule has 0 aromatic heterocycles. The summed E-state index contributed by atoms with van der Waals surface area (Å²) in [5.74, 6) is -0.153. The fourth-order valence-corrected chi connectivity index (χ4v) is 3.48. The number of halogens is 3. The molecular formula is C23H28F2IN5O. The molecule has 172 valence electrons. The summed E-state index contributed by atoms with van der Waals surface area (Å²) < 4.78 is 33.1. The third-order valence-corrected chi connectivity index (χ3v) is 5.14. The molecule has 0 amide bonds. The van der Waals surface area contributed by atoms with Gasteiger partial charge in [0, 0.05) is 31.7 Å². The molecule has 2 aromatic carbocycles. The van der Waals surface area contributed by atoms with E-state index in [2.05, 4.69) is 20.5 Å². The van der Waals surface area contributed by atoms with Crippen LogP contribution < -0.4 is 10.6 Å². The first-order valence-electron chi connectivity index (χ1n) is 10.4. The largest absolute Gasteiger partial charge is 0.379 e. The number of guanidine groups is 1. The second-order valence-electron chi connectivity index (χ2n) is 7.21. The van der Waals surface area contributed by atoms with Crippen molar-refractivity contribution in [3.63, 3.8) is 0 Å². The SMILES string of the molecule is CCNC(=NCc1ccc(C#N)cc1F)NCC(c1ccc(F)cc1)N1CCOCC1.I. The number of aliphatic imine (C=N–C) groups is 1. The third-order valence-electron chi connectivity index (χ3n) is 5.14. The fraction of sp³-hybridized carbons (Fsp3) is 0.391. The molecule has 1 unspecified atom stereocenters. The Bertz CT molecular complexity index is 927. The maximum Gasteiger partial charge on any atom is 0.191 e. The van der Waals surface area contributed by atoms with Crippen molar-refractivity contribution in [2.45, 2.75) is 19.5 Å². The minimum Gasteiger partial charge on any atom is -0.379 e. The van der Waals surface area contributed by atoms with Crippen LogP contribution >= 0.6 is 24.0 Å². The molecule has 1 aliphatic rings. The van der Waals surface area contributed by atoms with E-state index in [1.807, 2.05) is 13.0 Å². The normalized spacial score (nSPS) is 15.4. The number of hydrogen-bond acceptors (Lipinski definition) is 4. The van der Waals surface area contributed by atoms with Crippen LogP contribution in [0, 0.1) is 23.0 Å². The molecule has 6 nitrogen and oxygen atoms in total. The molecule has 1 heterocycles. The lowest BCUT2D eigenvalue weighted by molar-refractivity contribution is 0.0170. The third kappa shape index (κ3) is 7.39. The van der Waals surface area contributed by atoms with Crippen molar-refractivity contribution in [2.24, 2.45) is 4.99 Å². The molecular weight excluding hydrogens is 527 g/mol. The van der Waals surface area contributed by atoms with Gasteiger partial charge in [-0.1, -0.05) is 18.2 Å². The van der Waals surface area contributed by atoms with Crippen molar-refractivity contribution in [1.82, 2.24) is 15.5 Å². The lowest BCUT2D eigenvalue weighted by Gasteiger charge is -2.35. The summed E-state index contributed by atoms with van der Waals surface area (Å²) in [4.78, 5) is 6.79. The summed E-state index contributed by atoms with van der Waals surface area (Å²) in [6.07, 6.45) is 0. The highest BCUT2D eigenvalue weighted by Gasteiger charge is 2.23. The van der Waals surface area contributed by atoms with E-state index in [9.17, 15) is 8.78 Å². The molecule has 32 heavy (non-hydrogen) atoms. The molecule has 0 spiro atoms. The minimum atomic E-state index is -0.448. The van der Waals surface area contributed by atoms with E-state index in [0.717, 1.165) is 18.7 Å². The molecule has 2 aromatic rings. The molecule has 1 saturated heterocycles. The van der Waals surface area contributed by atoms with Gasteiger partial charge in [0.2, 0.25) is 0 Å². The summed E-state index contributed by atoms with van der Waals surface area (Å²) in [6.45, 7) is 6.19. The molecule has 1 aliphatic heterocycles. The number of nitrogens with one attached hydrogen (secondary N) is 2. The maximum absolute atomic E-state index is 14.2. The van der Waals surface area contributed by atoms with Crippen LogP contribution in [-0.4, -0.2) is 50.3 Å². The van der Waals surface area contributed by atoms with Crippen LogP contribution in [0.15, 0.2) is 47.5 Å². The van der Waals surface area contributed by atoms with E-state index in [1.54, 1.807) is 24.3 Å². The van der Waals surface area contributed by atoms with Gasteiger partial charge in [-0.2, -0.15) is 5.26 Å². The van der Waals surface area contributed by atoms with Crippen molar-refractivity contribution in [3.05, 3.63) is 70.8 Å². The number of morpholine rings is 1. The zero-order valence-electron chi connectivity index (χ0n) is 18.0. The molecule has 0 radical (unpaired) electrons. The quantitative estimate of drug-likeness (QED) is 0.311. The molecule has 3 rings (SSSR count). The average molecular weight is 555 g/mol. The number of nitriles is 1. The Morgan fingerprint density at radius 1 is 1.16 bits per heavy atom. The van der Waals surface area contributed by atoms with Gasteiger partial charge in [0.05, 0.1) is 37.4 Å². The van der Waals surface area contributed by atoms with Gasteiger partial charge in [-0.05, 0) is 36.8 Å². The Labute approximate surface area is 204 Å². The molecule has 1 fully saturated rings. The van der Waals surface area contributed by atoms with Gasteiger partial charge in [-0.3, -0.25) is 4.90 Å². The van der Waals surface area contributed by atoms with Crippen molar-refractivity contribution >= 4 is 29.9 Å². The molecule has 2 N–H and O–H groups in total. The van der Waals surface area contributed by atoms with E-state index in [1.165, 1.54) is 18.2 Å². The van der Waals surface area contributed by atoms with E-state index in [-0.39, 0.29) is 47.9 Å². The van der Waals surface area contributed by atoms with Crippen molar-refractivity contribution in [1.29, 1.82) is 5.26 Å². The summed E-state index contributed by atoms with van der Waals surface area (Å²) in [6, 6.07) is 12.8. The highest BCUT2D eigenvalue weighted by atomic mass is 127. The van der Waals surface area contributed by atoms with E-state index < -0.39 is 5.82 Å². The maximum atomic E-state index is 14.2. The Hall–Kier alpha value is -2.29. The summed E-state index contributed by atoms with van der Waals surface area (Å²) in [5.41, 5.74) is 1.70. The highest BCUT2D eigenvalue weighted by molar-refractivity contribution is 14.0. The first-order valence-corrected chi connectivity index (χ1v) is 10.4. The number of benzene rings is 2. The number of ether oxygens (including phenoxy) is 1. The van der Waals surface area contributed by atoms with E-state index >= 15 is 0 Å². The van der Waals surface area contributed by atoms with Gasteiger partial charge in [-0.15, -0.1) is 24.0 Å². The smallest absolute Gasteiger partial charge is 0.191 e. The zero-order chi connectivity index (χ0) is 22.1. The van der Waals surface area contributed by atoms with Crippen LogP contribution in [0.3, 0.4) is 0 Å². The summed E-state index contributed by atoms with van der Waals surface area (Å²) in [7, 11) is 0. The minimum absolute atomic E-state index is 0. The van der Waals surface area contributed by atoms with Crippen LogP contribution in [-0.2, 0) is 11.3 Å². The van der Waals surface area contributed by atoms with Crippen LogP contribution in [0.1, 0.15) is 29.7 Å². The highest BCUT2D eigenvalue weighted by Crippen LogP contribution is 2.21. The van der Waals surface area contributed by atoms with Gasteiger partial charge in [0.25, 0.3) is 0 Å². The predicted molar refractivity (Wildman–Crippen MR) is 131 cm³/mol. The zero-order valence-corrected chi connectivity index (χ0v) is 20.3. The Morgan fingerprint density at radius 2 is 1.88 bits per heavy atom. The van der Waals surface area contributed by atoms with Crippen molar-refractivity contribution in [2.75, 3.05) is 39.4 Å². The topological polar surface area (TPSA) is 72.7 Å². The van der Waals surface area contributed by atoms with Gasteiger partial charge in [0.15, 0.2) is 5.96 Å². The number of rotatable bonds is 7. The Morgan fingerprint density at radius 3 is 2.50 bits per heavy atom.